The zero-order chi connectivity index (χ0) is 14.5. The molecule has 2 atom stereocenters. The predicted molar refractivity (Wildman–Crippen MR) is 70.3 cm³/mol. The highest BCUT2D eigenvalue weighted by Gasteiger charge is 2.30. The first-order valence-corrected chi connectivity index (χ1v) is 6.50. The van der Waals surface area contributed by atoms with Gasteiger partial charge in [-0.1, -0.05) is 38.5 Å². The average molecular weight is 274 g/mol. The molecule has 0 saturated heterocycles. The second-order valence-corrected chi connectivity index (χ2v) is 4.94. The molecule has 0 spiro atoms. The average Bonchev–Trinajstić information content (AvgIpc) is 2.35. The Hall–Kier alpha value is -1.07. The fourth-order valence-corrected chi connectivity index (χ4v) is 2.21. The van der Waals surface area contributed by atoms with Crippen LogP contribution < -0.4 is 11.3 Å². The molecule has 2 nitrogen and oxygen atoms in total. The molecule has 0 radical (unpaired) electrons. The Morgan fingerprint density at radius 1 is 1.32 bits per heavy atom. The molecule has 0 bridgehead atoms. The highest BCUT2D eigenvalue weighted by atomic mass is 19.4. The number of halogens is 3. The van der Waals surface area contributed by atoms with Crippen LogP contribution in [0.1, 0.15) is 37.8 Å². The third-order valence-corrected chi connectivity index (χ3v) is 3.35. The maximum absolute atomic E-state index is 12.6. The van der Waals surface area contributed by atoms with Crippen molar-refractivity contribution in [2.24, 2.45) is 11.8 Å². The molecule has 0 aliphatic rings. The summed E-state index contributed by atoms with van der Waals surface area (Å²) in [6.07, 6.45) is -1.77. The summed E-state index contributed by atoms with van der Waals surface area (Å²) in [5.41, 5.74) is 2.76. The van der Waals surface area contributed by atoms with Crippen molar-refractivity contribution in [1.82, 2.24) is 5.43 Å². The van der Waals surface area contributed by atoms with Crippen LogP contribution in [0.25, 0.3) is 0 Å². The van der Waals surface area contributed by atoms with Gasteiger partial charge in [-0.3, -0.25) is 11.3 Å². The van der Waals surface area contributed by atoms with E-state index in [0.717, 1.165) is 18.9 Å². The third-order valence-electron chi connectivity index (χ3n) is 3.35. The number of rotatable bonds is 6. The third kappa shape index (κ3) is 4.84. The molecule has 0 heterocycles. The Morgan fingerprint density at radius 3 is 2.53 bits per heavy atom. The molecule has 3 N–H and O–H groups in total. The van der Waals surface area contributed by atoms with E-state index < -0.39 is 11.7 Å². The minimum Gasteiger partial charge on any atom is -0.271 e. The van der Waals surface area contributed by atoms with Crippen molar-refractivity contribution in [2.45, 2.75) is 45.3 Å². The van der Waals surface area contributed by atoms with E-state index in [9.17, 15) is 13.2 Å². The van der Waals surface area contributed by atoms with Crippen LogP contribution in [0.3, 0.4) is 0 Å². The molecular formula is C14H21F3N2. The molecule has 0 aliphatic carbocycles. The highest BCUT2D eigenvalue weighted by Crippen LogP contribution is 2.30. The van der Waals surface area contributed by atoms with E-state index in [1.54, 1.807) is 6.07 Å². The molecule has 1 aromatic carbocycles. The number of nitrogens with two attached hydrogens (primary N) is 1. The molecule has 5 heteroatoms. The molecule has 108 valence electrons. The number of benzene rings is 1. The van der Waals surface area contributed by atoms with Crippen molar-refractivity contribution >= 4 is 0 Å². The maximum atomic E-state index is 12.6. The summed E-state index contributed by atoms with van der Waals surface area (Å²) in [5.74, 6) is 5.83. The largest absolute Gasteiger partial charge is 0.416 e. The van der Waals surface area contributed by atoms with Gasteiger partial charge in [-0.15, -0.1) is 0 Å². The Morgan fingerprint density at radius 2 is 2.00 bits per heavy atom. The van der Waals surface area contributed by atoms with Gasteiger partial charge in [0, 0.05) is 6.04 Å². The van der Waals surface area contributed by atoms with Crippen LogP contribution in [0.2, 0.25) is 0 Å². The summed E-state index contributed by atoms with van der Waals surface area (Å²) in [5, 5.41) is 0. The van der Waals surface area contributed by atoms with E-state index in [2.05, 4.69) is 19.3 Å². The van der Waals surface area contributed by atoms with Crippen LogP contribution in [-0.2, 0) is 12.6 Å². The zero-order valence-corrected chi connectivity index (χ0v) is 11.3. The normalized spacial score (nSPS) is 15.3. The van der Waals surface area contributed by atoms with E-state index in [1.807, 2.05) is 0 Å². The lowest BCUT2D eigenvalue weighted by molar-refractivity contribution is -0.137. The van der Waals surface area contributed by atoms with Crippen molar-refractivity contribution in [2.75, 3.05) is 0 Å². The molecule has 0 aromatic heterocycles. The predicted octanol–water partition coefficient (Wildman–Crippen LogP) is 3.52. The lowest BCUT2D eigenvalue weighted by atomic mass is 9.91. The van der Waals surface area contributed by atoms with E-state index in [0.29, 0.717) is 17.9 Å². The van der Waals surface area contributed by atoms with Crippen molar-refractivity contribution in [3.05, 3.63) is 35.4 Å². The van der Waals surface area contributed by atoms with Crippen LogP contribution in [-0.4, -0.2) is 6.04 Å². The van der Waals surface area contributed by atoms with E-state index in [1.165, 1.54) is 12.1 Å². The minimum absolute atomic E-state index is 0.0107. The first kappa shape index (κ1) is 16.0. The monoisotopic (exact) mass is 274 g/mol. The van der Waals surface area contributed by atoms with Gasteiger partial charge in [0.25, 0.3) is 0 Å². The summed E-state index contributed by atoms with van der Waals surface area (Å²) in [6.45, 7) is 4.13. The van der Waals surface area contributed by atoms with E-state index in [-0.39, 0.29) is 6.04 Å². The van der Waals surface area contributed by atoms with Crippen LogP contribution in [0.4, 0.5) is 13.2 Å². The van der Waals surface area contributed by atoms with Crippen molar-refractivity contribution in [1.29, 1.82) is 0 Å². The fourth-order valence-electron chi connectivity index (χ4n) is 2.21. The summed E-state index contributed by atoms with van der Waals surface area (Å²) in [6, 6.07) is 5.42. The van der Waals surface area contributed by atoms with Gasteiger partial charge < -0.3 is 0 Å². The summed E-state index contributed by atoms with van der Waals surface area (Å²) < 4.78 is 37.9. The minimum atomic E-state index is -4.29. The second-order valence-electron chi connectivity index (χ2n) is 4.94. The second kappa shape index (κ2) is 6.91. The molecule has 0 saturated carbocycles. The topological polar surface area (TPSA) is 38.0 Å². The van der Waals surface area contributed by atoms with Gasteiger partial charge in [-0.25, -0.2) is 0 Å². The van der Waals surface area contributed by atoms with Gasteiger partial charge in [0.2, 0.25) is 0 Å². The number of hydrogen-bond donors (Lipinski definition) is 2. The summed E-state index contributed by atoms with van der Waals surface area (Å²) in [7, 11) is 0. The number of hydrazine groups is 1. The molecule has 0 aliphatic heterocycles. The Kier molecular flexibility index (Phi) is 5.82. The van der Waals surface area contributed by atoms with Crippen molar-refractivity contribution in [3.63, 3.8) is 0 Å². The van der Waals surface area contributed by atoms with Crippen molar-refractivity contribution in [3.8, 4) is 0 Å². The number of alkyl halides is 3. The molecule has 0 fully saturated rings. The van der Waals surface area contributed by atoms with Gasteiger partial charge >= 0.3 is 6.18 Å². The first-order chi connectivity index (χ1) is 8.88. The Balaban J connectivity index is 2.80. The maximum Gasteiger partial charge on any atom is 0.416 e. The quantitative estimate of drug-likeness (QED) is 0.615. The number of nitrogens with one attached hydrogen (secondary N) is 1. The lowest BCUT2D eigenvalue weighted by Gasteiger charge is -2.23. The summed E-state index contributed by atoms with van der Waals surface area (Å²) >= 11 is 0. The molecular weight excluding hydrogens is 253 g/mol. The fraction of sp³-hybridized carbons (Fsp3) is 0.571. The molecule has 2 unspecified atom stereocenters. The molecule has 1 aromatic rings. The zero-order valence-electron chi connectivity index (χ0n) is 11.3. The van der Waals surface area contributed by atoms with Crippen LogP contribution in [0, 0.1) is 5.92 Å². The van der Waals surface area contributed by atoms with Gasteiger partial charge in [-0.05, 0) is 30.4 Å². The van der Waals surface area contributed by atoms with Gasteiger partial charge in [0.1, 0.15) is 0 Å². The van der Waals surface area contributed by atoms with Crippen LogP contribution in [0.5, 0.6) is 0 Å². The van der Waals surface area contributed by atoms with Crippen molar-refractivity contribution < 1.29 is 13.2 Å². The van der Waals surface area contributed by atoms with E-state index >= 15 is 0 Å². The smallest absolute Gasteiger partial charge is 0.271 e. The molecule has 1 rings (SSSR count). The molecule has 19 heavy (non-hydrogen) atoms. The lowest BCUT2D eigenvalue weighted by Crippen LogP contribution is -2.41. The van der Waals surface area contributed by atoms with Crippen LogP contribution in [0.15, 0.2) is 24.3 Å². The Bertz CT molecular complexity index is 391. The highest BCUT2D eigenvalue weighted by molar-refractivity contribution is 5.26. The van der Waals surface area contributed by atoms with Gasteiger partial charge in [0.05, 0.1) is 5.56 Å². The number of hydrogen-bond acceptors (Lipinski definition) is 2. The first-order valence-electron chi connectivity index (χ1n) is 6.50. The van der Waals surface area contributed by atoms with E-state index in [4.69, 9.17) is 5.84 Å². The van der Waals surface area contributed by atoms with Crippen LogP contribution >= 0.6 is 0 Å². The standard InChI is InChI=1S/C14H21F3N2/c1-3-5-10(2)13(19-18)9-11-6-4-7-12(8-11)14(15,16)17/h4,6-8,10,13,19H,3,5,9,18H2,1-2H3. The van der Waals surface area contributed by atoms with Gasteiger partial charge in [0.15, 0.2) is 0 Å². The Labute approximate surface area is 112 Å². The SMILES string of the molecule is CCCC(C)C(Cc1cccc(C(F)(F)F)c1)NN. The van der Waals surface area contributed by atoms with Gasteiger partial charge in [-0.2, -0.15) is 13.2 Å². The summed E-state index contributed by atoms with van der Waals surface area (Å²) in [4.78, 5) is 0. The molecule has 0 amide bonds.